The van der Waals surface area contributed by atoms with E-state index >= 15 is 0 Å². The Morgan fingerprint density at radius 2 is 1.67 bits per heavy atom. The second-order valence-electron chi connectivity index (χ2n) is 6.79. The Hall–Kier alpha value is -3.39. The van der Waals surface area contributed by atoms with Crippen LogP contribution >= 0.6 is 0 Å². The molecule has 2 aromatic rings. The van der Waals surface area contributed by atoms with Gasteiger partial charge in [-0.1, -0.05) is 36.4 Å². The van der Waals surface area contributed by atoms with E-state index in [0.717, 1.165) is 5.56 Å². The fraction of sp³-hybridized carbons (Fsp3) is 0.318. The monoisotopic (exact) mass is 413 g/mol. The number of hydrogen-bond donors (Lipinski definition) is 2. The Morgan fingerprint density at radius 3 is 2.33 bits per heavy atom. The van der Waals surface area contributed by atoms with Gasteiger partial charge in [0.1, 0.15) is 11.8 Å². The molecule has 2 aromatic carbocycles. The van der Waals surface area contributed by atoms with Gasteiger partial charge in [0, 0.05) is 18.2 Å². The fourth-order valence-electron chi connectivity index (χ4n) is 2.87. The minimum atomic E-state index is -0.802. The fourth-order valence-corrected chi connectivity index (χ4v) is 2.87. The van der Waals surface area contributed by atoms with E-state index in [4.69, 9.17) is 9.47 Å². The molecule has 0 fully saturated rings. The second-order valence-corrected chi connectivity index (χ2v) is 6.79. The molecule has 0 aliphatic carbocycles. The molecule has 30 heavy (non-hydrogen) atoms. The van der Waals surface area contributed by atoms with E-state index in [1.807, 2.05) is 30.3 Å². The molecule has 8 nitrogen and oxygen atoms in total. The van der Waals surface area contributed by atoms with E-state index in [0.29, 0.717) is 17.9 Å². The molecule has 2 rings (SSSR count). The number of likely N-dealkylation sites (N-methyl/N-ethyl adjacent to an activating group) is 1. The van der Waals surface area contributed by atoms with E-state index in [-0.39, 0.29) is 24.9 Å². The van der Waals surface area contributed by atoms with Crippen molar-refractivity contribution in [2.75, 3.05) is 39.7 Å². The minimum Gasteiger partial charge on any atom is -0.497 e. The highest BCUT2D eigenvalue weighted by Gasteiger charge is 2.22. The SMILES string of the molecule is COC(=O)[C@@H](Cc1ccccc1)NC(=O)CN(C)CC(=O)Nc1cccc(OC)c1. The normalized spacial score (nSPS) is 11.5. The maximum absolute atomic E-state index is 12.4. The first kappa shape index (κ1) is 22.9. The summed E-state index contributed by atoms with van der Waals surface area (Å²) in [5.41, 5.74) is 1.50. The van der Waals surface area contributed by atoms with Crippen molar-refractivity contribution in [3.63, 3.8) is 0 Å². The maximum atomic E-state index is 12.4. The molecule has 2 amide bonds. The average molecular weight is 413 g/mol. The van der Waals surface area contributed by atoms with Crippen molar-refractivity contribution in [2.24, 2.45) is 0 Å². The molecule has 0 aliphatic heterocycles. The summed E-state index contributed by atoms with van der Waals surface area (Å²) >= 11 is 0. The Kier molecular flexibility index (Phi) is 8.83. The van der Waals surface area contributed by atoms with Gasteiger partial charge < -0.3 is 20.1 Å². The predicted molar refractivity (Wildman–Crippen MR) is 113 cm³/mol. The molecule has 8 heteroatoms. The van der Waals surface area contributed by atoms with Crippen molar-refractivity contribution in [2.45, 2.75) is 12.5 Å². The third kappa shape index (κ3) is 7.56. The summed E-state index contributed by atoms with van der Waals surface area (Å²) in [5.74, 6) is -0.538. The highest BCUT2D eigenvalue weighted by molar-refractivity contribution is 5.93. The first-order valence-corrected chi connectivity index (χ1v) is 9.45. The van der Waals surface area contributed by atoms with Gasteiger partial charge in [0.2, 0.25) is 11.8 Å². The molecule has 2 N–H and O–H groups in total. The number of methoxy groups -OCH3 is 2. The third-order valence-electron chi connectivity index (χ3n) is 4.28. The number of amides is 2. The molecule has 0 spiro atoms. The first-order chi connectivity index (χ1) is 14.4. The quantitative estimate of drug-likeness (QED) is 0.573. The molecule has 0 aromatic heterocycles. The second kappa shape index (κ2) is 11.6. The van der Waals surface area contributed by atoms with Crippen LogP contribution in [-0.2, 0) is 25.5 Å². The number of nitrogens with zero attached hydrogens (tertiary/aromatic N) is 1. The zero-order chi connectivity index (χ0) is 21.9. The number of benzene rings is 2. The summed E-state index contributed by atoms with van der Waals surface area (Å²) in [6, 6.07) is 15.5. The van der Waals surface area contributed by atoms with Crippen molar-refractivity contribution in [1.29, 1.82) is 0 Å². The number of hydrogen-bond acceptors (Lipinski definition) is 6. The van der Waals surface area contributed by atoms with Gasteiger partial charge >= 0.3 is 5.97 Å². The van der Waals surface area contributed by atoms with Crippen molar-refractivity contribution in [1.82, 2.24) is 10.2 Å². The van der Waals surface area contributed by atoms with Crippen LogP contribution in [0, 0.1) is 0 Å². The molecule has 0 unspecified atom stereocenters. The van der Waals surface area contributed by atoms with Gasteiger partial charge in [0.25, 0.3) is 0 Å². The maximum Gasteiger partial charge on any atom is 0.328 e. The number of carbonyl (C=O) groups excluding carboxylic acids is 3. The highest BCUT2D eigenvalue weighted by Crippen LogP contribution is 2.16. The van der Waals surface area contributed by atoms with Crippen LogP contribution in [0.4, 0.5) is 5.69 Å². The van der Waals surface area contributed by atoms with Crippen LogP contribution in [0.3, 0.4) is 0 Å². The lowest BCUT2D eigenvalue weighted by atomic mass is 10.1. The third-order valence-corrected chi connectivity index (χ3v) is 4.28. The Labute approximate surface area is 176 Å². The van der Waals surface area contributed by atoms with Crippen molar-refractivity contribution >= 4 is 23.5 Å². The topological polar surface area (TPSA) is 97.0 Å². The van der Waals surface area contributed by atoms with Crippen molar-refractivity contribution in [3.8, 4) is 5.75 Å². The van der Waals surface area contributed by atoms with E-state index in [1.54, 1.807) is 43.3 Å². The Balaban J connectivity index is 1.86. The summed E-state index contributed by atoms with van der Waals surface area (Å²) < 4.78 is 9.92. The lowest BCUT2D eigenvalue weighted by Crippen LogP contribution is -2.47. The smallest absolute Gasteiger partial charge is 0.328 e. The van der Waals surface area contributed by atoms with E-state index in [1.165, 1.54) is 7.11 Å². The molecule has 0 radical (unpaired) electrons. The molecule has 0 aliphatic rings. The molecule has 0 saturated heterocycles. The molecular weight excluding hydrogens is 386 g/mol. The van der Waals surface area contributed by atoms with Crippen LogP contribution in [0.25, 0.3) is 0 Å². The lowest BCUT2D eigenvalue weighted by molar-refractivity contribution is -0.145. The van der Waals surface area contributed by atoms with Gasteiger partial charge in [-0.05, 0) is 24.7 Å². The van der Waals surface area contributed by atoms with Gasteiger partial charge in [-0.2, -0.15) is 0 Å². The van der Waals surface area contributed by atoms with E-state index in [9.17, 15) is 14.4 Å². The highest BCUT2D eigenvalue weighted by atomic mass is 16.5. The predicted octanol–water partition coefficient (Wildman–Crippen LogP) is 1.47. The molecule has 0 heterocycles. The van der Waals surface area contributed by atoms with Gasteiger partial charge in [-0.25, -0.2) is 4.79 Å². The molecule has 1 atom stereocenters. The number of carbonyl (C=O) groups is 3. The number of anilines is 1. The molecule has 0 bridgehead atoms. The molecule has 0 saturated carbocycles. The summed E-state index contributed by atoms with van der Waals surface area (Å²) in [6.07, 6.45) is 0.319. The van der Waals surface area contributed by atoms with Crippen LogP contribution in [-0.4, -0.2) is 63.1 Å². The summed E-state index contributed by atoms with van der Waals surface area (Å²) in [6.45, 7) is -0.0416. The van der Waals surface area contributed by atoms with Crippen LogP contribution in [0.5, 0.6) is 5.75 Å². The van der Waals surface area contributed by atoms with Crippen molar-refractivity contribution in [3.05, 3.63) is 60.2 Å². The van der Waals surface area contributed by atoms with E-state index in [2.05, 4.69) is 10.6 Å². The zero-order valence-electron chi connectivity index (χ0n) is 17.4. The zero-order valence-corrected chi connectivity index (χ0v) is 17.4. The van der Waals surface area contributed by atoms with Gasteiger partial charge in [-0.15, -0.1) is 0 Å². The van der Waals surface area contributed by atoms with Crippen LogP contribution in [0.15, 0.2) is 54.6 Å². The summed E-state index contributed by atoms with van der Waals surface area (Å²) in [7, 11) is 4.48. The van der Waals surface area contributed by atoms with Crippen molar-refractivity contribution < 1.29 is 23.9 Å². The first-order valence-electron chi connectivity index (χ1n) is 9.45. The number of rotatable bonds is 10. The standard InChI is InChI=1S/C22H27N3O5/c1-25(14-20(26)23-17-10-7-11-18(13-17)29-2)15-21(27)24-19(22(28)30-3)12-16-8-5-4-6-9-16/h4-11,13,19H,12,14-15H2,1-3H3,(H,23,26)(H,24,27)/t19-/m1/s1. The van der Waals surface area contributed by atoms with Gasteiger partial charge in [0.15, 0.2) is 0 Å². The Morgan fingerprint density at radius 1 is 0.967 bits per heavy atom. The minimum absolute atomic E-state index is 0.00616. The molecular formula is C22H27N3O5. The molecule has 160 valence electrons. The van der Waals surface area contributed by atoms with Gasteiger partial charge in [-0.3, -0.25) is 14.5 Å². The van der Waals surface area contributed by atoms with Crippen LogP contribution in [0.1, 0.15) is 5.56 Å². The number of ether oxygens (including phenoxy) is 2. The Bertz CT molecular complexity index is 857. The number of esters is 1. The van der Waals surface area contributed by atoms with E-state index < -0.39 is 12.0 Å². The summed E-state index contributed by atoms with van der Waals surface area (Å²) in [5, 5.41) is 5.44. The van der Waals surface area contributed by atoms with Gasteiger partial charge in [0.05, 0.1) is 27.3 Å². The average Bonchev–Trinajstić information content (AvgIpc) is 2.73. The lowest BCUT2D eigenvalue weighted by Gasteiger charge is -2.20. The van der Waals surface area contributed by atoms with Crippen LogP contribution < -0.4 is 15.4 Å². The van der Waals surface area contributed by atoms with Crippen LogP contribution in [0.2, 0.25) is 0 Å². The summed E-state index contributed by atoms with van der Waals surface area (Å²) in [4.78, 5) is 38.2. The largest absolute Gasteiger partial charge is 0.497 e. The number of nitrogens with one attached hydrogen (secondary N) is 2.